The number of nitrogens with one attached hydrogen (secondary N) is 1. The van der Waals surface area contributed by atoms with Crippen molar-refractivity contribution in [2.24, 2.45) is 5.73 Å². The number of nitrogens with two attached hydrogens (primary N) is 1. The molecule has 0 aliphatic heterocycles. The molecular formula is C8H18N2O2. The third kappa shape index (κ3) is 5.09. The van der Waals surface area contributed by atoms with E-state index in [4.69, 9.17) is 10.8 Å². The van der Waals surface area contributed by atoms with Gasteiger partial charge in [0.1, 0.15) is 0 Å². The molecule has 0 aromatic rings. The first-order chi connectivity index (χ1) is 5.74. The van der Waals surface area contributed by atoms with Gasteiger partial charge in [0, 0.05) is 6.42 Å². The van der Waals surface area contributed by atoms with E-state index in [-0.39, 0.29) is 18.6 Å². The number of amides is 1. The lowest BCUT2D eigenvalue weighted by atomic mass is 10.2. The van der Waals surface area contributed by atoms with Crippen molar-refractivity contribution in [2.75, 3.05) is 13.2 Å². The van der Waals surface area contributed by atoms with Crippen LogP contribution < -0.4 is 11.1 Å². The normalized spacial score (nSPS) is 12.6. The van der Waals surface area contributed by atoms with Gasteiger partial charge < -0.3 is 16.2 Å². The molecule has 0 bridgehead atoms. The van der Waals surface area contributed by atoms with Crippen LogP contribution in [0.4, 0.5) is 0 Å². The largest absolute Gasteiger partial charge is 0.394 e. The second-order valence-corrected chi connectivity index (χ2v) is 2.75. The number of aliphatic hydroxyl groups excluding tert-OH is 1. The summed E-state index contributed by atoms with van der Waals surface area (Å²) in [4.78, 5) is 11.1. The highest BCUT2D eigenvalue weighted by Crippen LogP contribution is 1.92. The summed E-state index contributed by atoms with van der Waals surface area (Å²) >= 11 is 0. The zero-order valence-corrected chi connectivity index (χ0v) is 7.55. The lowest BCUT2D eigenvalue weighted by Crippen LogP contribution is -2.36. The Hall–Kier alpha value is -0.610. The predicted octanol–water partition coefficient (Wildman–Crippen LogP) is -0.388. The molecule has 0 saturated carbocycles. The standard InChI is InChI=1S/C8H18N2O2/c1-2-7(6-11)10-8(12)4-3-5-9/h7,11H,2-6,9H2,1H3,(H,10,12). The van der Waals surface area contributed by atoms with E-state index in [1.807, 2.05) is 6.92 Å². The minimum atomic E-state index is -0.102. The lowest BCUT2D eigenvalue weighted by Gasteiger charge is -2.13. The molecule has 4 heteroatoms. The number of rotatable bonds is 6. The first kappa shape index (κ1) is 11.4. The number of carbonyl (C=O) groups is 1. The van der Waals surface area contributed by atoms with Crippen LogP contribution in [0.1, 0.15) is 26.2 Å². The monoisotopic (exact) mass is 174 g/mol. The minimum absolute atomic E-state index is 0.00483. The molecule has 0 fully saturated rings. The Bertz CT molecular complexity index is 124. The number of carbonyl (C=O) groups excluding carboxylic acids is 1. The van der Waals surface area contributed by atoms with E-state index in [9.17, 15) is 4.79 Å². The molecule has 0 aliphatic carbocycles. The molecule has 0 spiro atoms. The Labute approximate surface area is 73.1 Å². The van der Waals surface area contributed by atoms with E-state index in [0.717, 1.165) is 6.42 Å². The van der Waals surface area contributed by atoms with Crippen molar-refractivity contribution >= 4 is 5.91 Å². The van der Waals surface area contributed by atoms with E-state index in [0.29, 0.717) is 19.4 Å². The molecule has 0 radical (unpaired) electrons. The highest BCUT2D eigenvalue weighted by Gasteiger charge is 2.07. The van der Waals surface area contributed by atoms with Gasteiger partial charge in [-0.1, -0.05) is 6.92 Å². The van der Waals surface area contributed by atoms with Gasteiger partial charge in [-0.05, 0) is 19.4 Å². The predicted molar refractivity (Wildman–Crippen MR) is 47.6 cm³/mol. The van der Waals surface area contributed by atoms with Crippen molar-refractivity contribution in [2.45, 2.75) is 32.2 Å². The van der Waals surface area contributed by atoms with E-state index >= 15 is 0 Å². The fraction of sp³-hybridized carbons (Fsp3) is 0.875. The Morgan fingerprint density at radius 1 is 1.67 bits per heavy atom. The molecule has 4 nitrogen and oxygen atoms in total. The van der Waals surface area contributed by atoms with Gasteiger partial charge in [0.25, 0.3) is 0 Å². The molecule has 12 heavy (non-hydrogen) atoms. The molecule has 1 amide bonds. The highest BCUT2D eigenvalue weighted by atomic mass is 16.3. The van der Waals surface area contributed by atoms with Crippen LogP contribution in [0.2, 0.25) is 0 Å². The quantitative estimate of drug-likeness (QED) is 0.513. The maximum absolute atomic E-state index is 11.1. The number of hydrogen-bond donors (Lipinski definition) is 3. The van der Waals surface area contributed by atoms with Gasteiger partial charge in [-0.2, -0.15) is 0 Å². The Kier molecular flexibility index (Phi) is 6.70. The van der Waals surface area contributed by atoms with Gasteiger partial charge in [-0.3, -0.25) is 4.79 Å². The van der Waals surface area contributed by atoms with Crippen LogP contribution in [0, 0.1) is 0 Å². The average Bonchev–Trinajstić information content (AvgIpc) is 2.10. The molecule has 0 rings (SSSR count). The summed E-state index contributed by atoms with van der Waals surface area (Å²) in [6.07, 6.45) is 1.91. The van der Waals surface area contributed by atoms with E-state index in [2.05, 4.69) is 5.32 Å². The summed E-state index contributed by atoms with van der Waals surface area (Å²) in [5.41, 5.74) is 5.24. The molecule has 0 heterocycles. The first-order valence-corrected chi connectivity index (χ1v) is 4.34. The molecule has 72 valence electrons. The van der Waals surface area contributed by atoms with Crippen LogP contribution in [0.5, 0.6) is 0 Å². The molecule has 4 N–H and O–H groups in total. The van der Waals surface area contributed by atoms with Crippen molar-refractivity contribution in [1.82, 2.24) is 5.32 Å². The van der Waals surface area contributed by atoms with Crippen LogP contribution in [0.15, 0.2) is 0 Å². The van der Waals surface area contributed by atoms with Crippen molar-refractivity contribution in [1.29, 1.82) is 0 Å². The van der Waals surface area contributed by atoms with Crippen molar-refractivity contribution in [3.63, 3.8) is 0 Å². The SMILES string of the molecule is CCC(CO)NC(=O)CCCN. The van der Waals surface area contributed by atoms with Gasteiger partial charge in [-0.25, -0.2) is 0 Å². The molecule has 0 aliphatic rings. The third-order valence-electron chi connectivity index (χ3n) is 1.69. The summed E-state index contributed by atoms with van der Waals surface area (Å²) in [5, 5.41) is 11.5. The van der Waals surface area contributed by atoms with E-state index < -0.39 is 0 Å². The highest BCUT2D eigenvalue weighted by molar-refractivity contribution is 5.76. The van der Waals surface area contributed by atoms with Crippen LogP contribution in [-0.2, 0) is 4.79 Å². The van der Waals surface area contributed by atoms with Crippen LogP contribution in [-0.4, -0.2) is 30.2 Å². The van der Waals surface area contributed by atoms with Crippen molar-refractivity contribution < 1.29 is 9.90 Å². The Morgan fingerprint density at radius 3 is 2.75 bits per heavy atom. The molecular weight excluding hydrogens is 156 g/mol. The Balaban J connectivity index is 3.52. The van der Waals surface area contributed by atoms with Gasteiger partial charge in [0.05, 0.1) is 12.6 Å². The summed E-state index contributed by atoms with van der Waals surface area (Å²) in [7, 11) is 0. The molecule has 1 atom stereocenters. The topological polar surface area (TPSA) is 75.3 Å². The summed E-state index contributed by atoms with van der Waals surface area (Å²) in [6, 6.07) is -0.102. The van der Waals surface area contributed by atoms with Crippen LogP contribution in [0.25, 0.3) is 0 Å². The minimum Gasteiger partial charge on any atom is -0.394 e. The second kappa shape index (κ2) is 7.06. The van der Waals surface area contributed by atoms with E-state index in [1.165, 1.54) is 0 Å². The number of hydrogen-bond acceptors (Lipinski definition) is 3. The average molecular weight is 174 g/mol. The molecule has 0 saturated heterocycles. The summed E-state index contributed by atoms with van der Waals surface area (Å²) in [6.45, 7) is 2.46. The molecule has 0 aromatic heterocycles. The zero-order valence-electron chi connectivity index (χ0n) is 7.55. The van der Waals surface area contributed by atoms with Gasteiger partial charge in [-0.15, -0.1) is 0 Å². The number of aliphatic hydroxyl groups is 1. The van der Waals surface area contributed by atoms with Gasteiger partial charge in [0.2, 0.25) is 5.91 Å². The van der Waals surface area contributed by atoms with E-state index in [1.54, 1.807) is 0 Å². The lowest BCUT2D eigenvalue weighted by molar-refractivity contribution is -0.122. The summed E-state index contributed by atoms with van der Waals surface area (Å²) < 4.78 is 0. The van der Waals surface area contributed by atoms with Crippen molar-refractivity contribution in [3.05, 3.63) is 0 Å². The first-order valence-electron chi connectivity index (χ1n) is 4.34. The van der Waals surface area contributed by atoms with Crippen LogP contribution in [0.3, 0.4) is 0 Å². The maximum Gasteiger partial charge on any atom is 0.220 e. The smallest absolute Gasteiger partial charge is 0.220 e. The van der Waals surface area contributed by atoms with Crippen molar-refractivity contribution in [3.8, 4) is 0 Å². The Morgan fingerprint density at radius 2 is 2.33 bits per heavy atom. The molecule has 0 aromatic carbocycles. The second-order valence-electron chi connectivity index (χ2n) is 2.75. The maximum atomic E-state index is 11.1. The molecule has 1 unspecified atom stereocenters. The fourth-order valence-corrected chi connectivity index (χ4v) is 0.839. The van der Waals surface area contributed by atoms with Gasteiger partial charge in [0.15, 0.2) is 0 Å². The fourth-order valence-electron chi connectivity index (χ4n) is 0.839. The van der Waals surface area contributed by atoms with Crippen LogP contribution >= 0.6 is 0 Å². The third-order valence-corrected chi connectivity index (χ3v) is 1.69. The zero-order chi connectivity index (χ0) is 9.40. The summed E-state index contributed by atoms with van der Waals surface area (Å²) in [5.74, 6) is -0.0265. The van der Waals surface area contributed by atoms with Gasteiger partial charge >= 0.3 is 0 Å².